The van der Waals surface area contributed by atoms with E-state index in [2.05, 4.69) is 9.88 Å². The smallest absolute Gasteiger partial charge is 0.243 e. The van der Waals surface area contributed by atoms with Crippen molar-refractivity contribution in [1.82, 2.24) is 9.29 Å². The third kappa shape index (κ3) is 3.78. The molecular formula is C20H20ClN3O3S. The first-order chi connectivity index (χ1) is 13.4. The summed E-state index contributed by atoms with van der Waals surface area (Å²) in [5.41, 5.74) is 2.56. The van der Waals surface area contributed by atoms with Gasteiger partial charge in [-0.2, -0.15) is 4.31 Å². The maximum atomic E-state index is 13.0. The number of anilines is 1. The standard InChI is InChI=1S/C20H20ClN3O3S/c1-15-22-20(14-27-15)16-2-8-19(9-3-16)28(25,26)24-12-10-23(11-13-24)18-6-4-17(21)5-7-18/h2-9,14H,10-13H2,1H3. The molecule has 3 aromatic rings. The van der Waals surface area contributed by atoms with Gasteiger partial charge >= 0.3 is 0 Å². The number of halogens is 1. The van der Waals surface area contributed by atoms with Crippen LogP contribution in [0.5, 0.6) is 0 Å². The van der Waals surface area contributed by atoms with Crippen LogP contribution in [0.1, 0.15) is 5.89 Å². The number of nitrogens with zero attached hydrogens (tertiary/aromatic N) is 3. The molecule has 1 aliphatic heterocycles. The van der Waals surface area contributed by atoms with Gasteiger partial charge in [0.1, 0.15) is 12.0 Å². The molecule has 4 rings (SSSR count). The Morgan fingerprint density at radius 3 is 2.18 bits per heavy atom. The predicted molar refractivity (Wildman–Crippen MR) is 109 cm³/mol. The zero-order valence-electron chi connectivity index (χ0n) is 15.4. The summed E-state index contributed by atoms with van der Waals surface area (Å²) in [6, 6.07) is 14.4. The molecule has 1 saturated heterocycles. The summed E-state index contributed by atoms with van der Waals surface area (Å²) < 4.78 is 32.7. The lowest BCUT2D eigenvalue weighted by Crippen LogP contribution is -2.48. The van der Waals surface area contributed by atoms with Gasteiger partial charge in [0, 0.05) is 49.4 Å². The van der Waals surface area contributed by atoms with Gasteiger partial charge in [-0.3, -0.25) is 0 Å². The first-order valence-corrected chi connectivity index (χ1v) is 10.8. The number of oxazole rings is 1. The summed E-state index contributed by atoms with van der Waals surface area (Å²) in [5, 5.41) is 0.689. The van der Waals surface area contributed by atoms with Crippen LogP contribution in [-0.2, 0) is 10.0 Å². The van der Waals surface area contributed by atoms with Gasteiger partial charge in [0.2, 0.25) is 10.0 Å². The van der Waals surface area contributed by atoms with Crippen molar-refractivity contribution < 1.29 is 12.8 Å². The molecule has 0 unspecified atom stereocenters. The zero-order chi connectivity index (χ0) is 19.7. The third-order valence-electron chi connectivity index (χ3n) is 4.84. The van der Waals surface area contributed by atoms with E-state index >= 15 is 0 Å². The highest BCUT2D eigenvalue weighted by Gasteiger charge is 2.28. The second-order valence-corrected chi connectivity index (χ2v) is 9.02. The molecule has 2 aromatic carbocycles. The van der Waals surface area contributed by atoms with Crippen LogP contribution in [-0.4, -0.2) is 43.9 Å². The number of sulfonamides is 1. The predicted octanol–water partition coefficient (Wildman–Crippen LogP) is 3.81. The zero-order valence-corrected chi connectivity index (χ0v) is 16.9. The van der Waals surface area contributed by atoms with E-state index in [1.54, 1.807) is 37.5 Å². The largest absolute Gasteiger partial charge is 0.449 e. The van der Waals surface area contributed by atoms with E-state index in [1.165, 1.54) is 4.31 Å². The summed E-state index contributed by atoms with van der Waals surface area (Å²) in [4.78, 5) is 6.72. The van der Waals surface area contributed by atoms with Gasteiger partial charge in [0.25, 0.3) is 0 Å². The van der Waals surface area contributed by atoms with Crippen molar-refractivity contribution in [3.05, 3.63) is 65.7 Å². The highest BCUT2D eigenvalue weighted by molar-refractivity contribution is 7.89. The molecular weight excluding hydrogens is 398 g/mol. The van der Waals surface area contributed by atoms with Gasteiger partial charge in [-0.1, -0.05) is 23.7 Å². The Balaban J connectivity index is 1.46. The molecule has 8 heteroatoms. The lowest BCUT2D eigenvalue weighted by atomic mass is 10.2. The van der Waals surface area contributed by atoms with E-state index in [0.29, 0.717) is 42.8 Å². The Hall–Kier alpha value is -2.35. The molecule has 1 fully saturated rings. The van der Waals surface area contributed by atoms with E-state index in [9.17, 15) is 8.42 Å². The van der Waals surface area contributed by atoms with Gasteiger partial charge in [0.15, 0.2) is 5.89 Å². The first-order valence-electron chi connectivity index (χ1n) is 8.97. The molecule has 0 spiro atoms. The summed E-state index contributed by atoms with van der Waals surface area (Å²) in [7, 11) is -3.53. The van der Waals surface area contributed by atoms with Crippen LogP contribution in [0.2, 0.25) is 5.02 Å². The molecule has 0 amide bonds. The molecule has 146 valence electrons. The van der Waals surface area contributed by atoms with Crippen LogP contribution in [0, 0.1) is 6.92 Å². The molecule has 0 radical (unpaired) electrons. The van der Waals surface area contributed by atoms with E-state index in [4.69, 9.17) is 16.0 Å². The third-order valence-corrected chi connectivity index (χ3v) is 7.00. The molecule has 28 heavy (non-hydrogen) atoms. The summed E-state index contributed by atoms with van der Waals surface area (Å²) >= 11 is 5.94. The number of benzene rings is 2. The number of rotatable bonds is 4. The lowest BCUT2D eigenvalue weighted by Gasteiger charge is -2.35. The average molecular weight is 418 g/mol. The first kappa shape index (κ1) is 19.0. The van der Waals surface area contributed by atoms with Crippen molar-refractivity contribution in [1.29, 1.82) is 0 Å². The van der Waals surface area contributed by atoms with Crippen molar-refractivity contribution in [2.45, 2.75) is 11.8 Å². The highest BCUT2D eigenvalue weighted by atomic mass is 35.5. The van der Waals surface area contributed by atoms with E-state index in [0.717, 1.165) is 11.3 Å². The van der Waals surface area contributed by atoms with Gasteiger partial charge in [-0.15, -0.1) is 0 Å². The van der Waals surface area contributed by atoms with E-state index in [-0.39, 0.29) is 4.90 Å². The molecule has 1 aromatic heterocycles. The summed E-state index contributed by atoms with van der Waals surface area (Å²) in [5.74, 6) is 0.574. The molecule has 1 aliphatic rings. The second-order valence-electron chi connectivity index (χ2n) is 6.64. The van der Waals surface area contributed by atoms with Gasteiger partial charge < -0.3 is 9.32 Å². The second kappa shape index (κ2) is 7.58. The Bertz CT molecular complexity index is 1050. The Morgan fingerprint density at radius 2 is 1.61 bits per heavy atom. The number of aryl methyl sites for hydroxylation is 1. The van der Waals surface area contributed by atoms with Crippen LogP contribution in [0.3, 0.4) is 0 Å². The van der Waals surface area contributed by atoms with Crippen molar-refractivity contribution in [3.8, 4) is 11.3 Å². The fraction of sp³-hybridized carbons (Fsp3) is 0.250. The number of hydrogen-bond acceptors (Lipinski definition) is 5. The van der Waals surface area contributed by atoms with Crippen LogP contribution in [0.4, 0.5) is 5.69 Å². The normalized spacial score (nSPS) is 15.7. The fourth-order valence-electron chi connectivity index (χ4n) is 3.28. The van der Waals surface area contributed by atoms with Crippen molar-refractivity contribution in [2.75, 3.05) is 31.1 Å². The Labute approximate surface area is 169 Å². The maximum absolute atomic E-state index is 13.0. The molecule has 0 aliphatic carbocycles. The minimum Gasteiger partial charge on any atom is -0.449 e. The molecule has 0 atom stereocenters. The monoisotopic (exact) mass is 417 g/mol. The molecule has 0 N–H and O–H groups in total. The number of hydrogen-bond donors (Lipinski definition) is 0. The molecule has 6 nitrogen and oxygen atoms in total. The SMILES string of the molecule is Cc1nc(-c2ccc(S(=O)(=O)N3CCN(c4ccc(Cl)cc4)CC3)cc2)co1. The van der Waals surface area contributed by atoms with E-state index in [1.807, 2.05) is 24.3 Å². The van der Waals surface area contributed by atoms with Crippen molar-refractivity contribution in [2.24, 2.45) is 0 Å². The van der Waals surface area contributed by atoms with Crippen molar-refractivity contribution in [3.63, 3.8) is 0 Å². The minimum atomic E-state index is -3.53. The Kier molecular flexibility index (Phi) is 5.14. The topological polar surface area (TPSA) is 66.7 Å². The van der Waals surface area contributed by atoms with Crippen LogP contribution in [0.15, 0.2) is 64.1 Å². The molecule has 0 bridgehead atoms. The van der Waals surface area contributed by atoms with E-state index < -0.39 is 10.0 Å². The number of piperazine rings is 1. The summed E-state index contributed by atoms with van der Waals surface area (Å²) in [6.45, 7) is 3.92. The lowest BCUT2D eigenvalue weighted by molar-refractivity contribution is 0.385. The quantitative estimate of drug-likeness (QED) is 0.645. The minimum absolute atomic E-state index is 0.288. The van der Waals surface area contributed by atoms with Gasteiger partial charge in [0.05, 0.1) is 4.90 Å². The maximum Gasteiger partial charge on any atom is 0.243 e. The highest BCUT2D eigenvalue weighted by Crippen LogP contribution is 2.25. The fourth-order valence-corrected chi connectivity index (χ4v) is 4.83. The molecule has 2 heterocycles. The van der Waals surface area contributed by atoms with Gasteiger partial charge in [-0.05, 0) is 36.4 Å². The van der Waals surface area contributed by atoms with Gasteiger partial charge in [-0.25, -0.2) is 13.4 Å². The molecule has 0 saturated carbocycles. The summed E-state index contributed by atoms with van der Waals surface area (Å²) in [6.07, 6.45) is 1.56. The number of aromatic nitrogens is 1. The van der Waals surface area contributed by atoms with Crippen LogP contribution >= 0.6 is 11.6 Å². The Morgan fingerprint density at radius 1 is 0.964 bits per heavy atom. The van der Waals surface area contributed by atoms with Crippen LogP contribution < -0.4 is 4.90 Å². The van der Waals surface area contributed by atoms with Crippen LogP contribution in [0.25, 0.3) is 11.3 Å². The average Bonchev–Trinajstić information content (AvgIpc) is 3.15. The van der Waals surface area contributed by atoms with Crippen molar-refractivity contribution >= 4 is 27.3 Å².